The molecule has 1 atom stereocenters. The maximum Gasteiger partial charge on any atom is 0.253 e. The molecule has 0 aliphatic carbocycles. The molecule has 1 aromatic rings. The monoisotopic (exact) mass is 347 g/mol. The minimum atomic E-state index is -0.227. The Hall–Kier alpha value is -1.27. The maximum atomic E-state index is 12.2. The Morgan fingerprint density at radius 1 is 1.63 bits per heavy atom. The lowest BCUT2D eigenvalue weighted by atomic mass is 10.1. The molecule has 3 N–H and O–H groups in total. The molecule has 0 aliphatic rings. The molecule has 1 unspecified atom stereocenters. The van der Waals surface area contributed by atoms with Crippen molar-refractivity contribution in [3.8, 4) is 0 Å². The number of benzene rings is 1. The Labute approximate surface area is 125 Å². The average molecular weight is 349 g/mol. The number of halogens is 2. The number of nitrogens with zero attached hydrogens (tertiary/aromatic N) is 2. The van der Waals surface area contributed by atoms with Gasteiger partial charge in [0.1, 0.15) is 5.84 Å². The van der Waals surface area contributed by atoms with Crippen LogP contribution in [0.4, 0.5) is 0 Å². The summed E-state index contributed by atoms with van der Waals surface area (Å²) in [5, 5.41) is 12.1. The lowest BCUT2D eigenvalue weighted by molar-refractivity contribution is 0.0786. The number of carbonyl (C=O) groups is 1. The molecule has 1 rings (SSSR count). The van der Waals surface area contributed by atoms with Gasteiger partial charge in [-0.3, -0.25) is 4.79 Å². The Morgan fingerprint density at radius 3 is 2.79 bits per heavy atom. The number of amides is 1. The van der Waals surface area contributed by atoms with Crippen LogP contribution in [0.25, 0.3) is 0 Å². The van der Waals surface area contributed by atoms with E-state index in [0.29, 0.717) is 21.6 Å². The summed E-state index contributed by atoms with van der Waals surface area (Å²) in [4.78, 5) is 13.7. The molecule has 7 heteroatoms. The van der Waals surface area contributed by atoms with Crippen molar-refractivity contribution in [2.75, 3.05) is 13.6 Å². The molecule has 0 radical (unpaired) electrons. The maximum absolute atomic E-state index is 12.2. The molecule has 0 bridgehead atoms. The van der Waals surface area contributed by atoms with E-state index < -0.39 is 0 Å². The summed E-state index contributed by atoms with van der Waals surface area (Å²) in [6.45, 7) is 2.13. The Balaban J connectivity index is 2.79. The highest BCUT2D eigenvalue weighted by Gasteiger charge is 2.17. The first kappa shape index (κ1) is 15.8. The molecule has 19 heavy (non-hydrogen) atoms. The molecule has 5 nitrogen and oxygen atoms in total. The number of carbonyl (C=O) groups excluding carboxylic acids is 1. The van der Waals surface area contributed by atoms with Crippen molar-refractivity contribution in [2.24, 2.45) is 16.8 Å². The SMILES string of the molecule is CC(CN(C)C(=O)c1ccc(Cl)c(Br)c1)/C(N)=N/O. The van der Waals surface area contributed by atoms with E-state index in [1.807, 2.05) is 0 Å². The van der Waals surface area contributed by atoms with Gasteiger partial charge in [-0.15, -0.1) is 0 Å². The standard InChI is InChI=1S/C12H15BrClN3O2/c1-7(11(15)16-19)6-17(2)12(18)8-3-4-10(14)9(13)5-8/h3-5,7,19H,6H2,1-2H3,(H2,15,16). The first-order valence-corrected chi connectivity index (χ1v) is 6.71. The van der Waals surface area contributed by atoms with Crippen LogP contribution in [-0.2, 0) is 0 Å². The number of rotatable bonds is 4. The molecule has 0 aromatic heterocycles. The number of amidine groups is 1. The molecule has 1 amide bonds. The van der Waals surface area contributed by atoms with Crippen molar-refractivity contribution in [3.05, 3.63) is 33.3 Å². The minimum absolute atomic E-state index is 0.0944. The summed E-state index contributed by atoms with van der Waals surface area (Å²) >= 11 is 9.15. The summed E-state index contributed by atoms with van der Waals surface area (Å²) in [5.74, 6) is -0.290. The lowest BCUT2D eigenvalue weighted by Crippen LogP contribution is -2.36. The van der Waals surface area contributed by atoms with E-state index in [0.717, 1.165) is 0 Å². The third kappa shape index (κ3) is 4.11. The van der Waals surface area contributed by atoms with Crippen LogP contribution in [-0.4, -0.2) is 35.4 Å². The third-order valence-electron chi connectivity index (χ3n) is 2.68. The fourth-order valence-electron chi connectivity index (χ4n) is 1.54. The average Bonchev–Trinajstić information content (AvgIpc) is 2.39. The van der Waals surface area contributed by atoms with E-state index in [-0.39, 0.29) is 17.7 Å². The van der Waals surface area contributed by atoms with Crippen LogP contribution < -0.4 is 5.73 Å². The summed E-state index contributed by atoms with van der Waals surface area (Å²) < 4.78 is 0.665. The fraction of sp³-hybridized carbons (Fsp3) is 0.333. The summed E-state index contributed by atoms with van der Waals surface area (Å²) in [5.41, 5.74) is 6.00. The van der Waals surface area contributed by atoms with Gasteiger partial charge in [-0.1, -0.05) is 23.7 Å². The number of hydrogen-bond acceptors (Lipinski definition) is 3. The third-order valence-corrected chi connectivity index (χ3v) is 3.90. The highest BCUT2D eigenvalue weighted by atomic mass is 79.9. The van der Waals surface area contributed by atoms with Crippen molar-refractivity contribution < 1.29 is 10.0 Å². The molecule has 0 saturated carbocycles. The van der Waals surface area contributed by atoms with E-state index in [9.17, 15) is 4.79 Å². The summed E-state index contributed by atoms with van der Waals surface area (Å²) in [7, 11) is 1.66. The summed E-state index contributed by atoms with van der Waals surface area (Å²) in [6.07, 6.45) is 0. The largest absolute Gasteiger partial charge is 0.409 e. The van der Waals surface area contributed by atoms with Crippen molar-refractivity contribution in [1.29, 1.82) is 0 Å². The number of nitrogens with two attached hydrogens (primary N) is 1. The zero-order chi connectivity index (χ0) is 14.6. The Kier molecular flexibility index (Phi) is 5.62. The predicted molar refractivity (Wildman–Crippen MR) is 78.7 cm³/mol. The molecule has 0 aliphatic heterocycles. The normalized spacial score (nSPS) is 13.2. The zero-order valence-corrected chi connectivity index (χ0v) is 12.9. The molecule has 104 valence electrons. The molecule has 0 spiro atoms. The Bertz CT molecular complexity index is 508. The van der Waals surface area contributed by atoms with Crippen molar-refractivity contribution in [2.45, 2.75) is 6.92 Å². The summed E-state index contributed by atoms with van der Waals surface area (Å²) in [6, 6.07) is 4.97. The molecule has 1 aromatic carbocycles. The van der Waals surface area contributed by atoms with E-state index >= 15 is 0 Å². The van der Waals surface area contributed by atoms with E-state index in [1.165, 1.54) is 4.90 Å². The van der Waals surface area contributed by atoms with E-state index in [1.54, 1.807) is 32.2 Å². The van der Waals surface area contributed by atoms with Crippen LogP contribution in [0, 0.1) is 5.92 Å². The number of oxime groups is 1. The van der Waals surface area contributed by atoms with Crippen molar-refractivity contribution >= 4 is 39.3 Å². The van der Waals surface area contributed by atoms with Crippen LogP contribution >= 0.6 is 27.5 Å². The van der Waals surface area contributed by atoms with Crippen LogP contribution in [0.3, 0.4) is 0 Å². The zero-order valence-electron chi connectivity index (χ0n) is 10.6. The van der Waals surface area contributed by atoms with Crippen molar-refractivity contribution in [3.63, 3.8) is 0 Å². The molecular formula is C12H15BrClN3O2. The van der Waals surface area contributed by atoms with Crippen LogP contribution in [0.15, 0.2) is 27.8 Å². The van der Waals surface area contributed by atoms with Crippen LogP contribution in [0.1, 0.15) is 17.3 Å². The van der Waals surface area contributed by atoms with Gasteiger partial charge in [-0.25, -0.2) is 0 Å². The van der Waals surface area contributed by atoms with Gasteiger partial charge in [0.15, 0.2) is 0 Å². The first-order chi connectivity index (χ1) is 8.86. The van der Waals surface area contributed by atoms with Crippen LogP contribution in [0.2, 0.25) is 5.02 Å². The molecule has 0 saturated heterocycles. The van der Waals surface area contributed by atoms with Gasteiger partial charge < -0.3 is 15.8 Å². The highest BCUT2D eigenvalue weighted by Crippen LogP contribution is 2.23. The van der Waals surface area contributed by atoms with E-state index in [4.69, 9.17) is 22.5 Å². The minimum Gasteiger partial charge on any atom is -0.409 e. The Morgan fingerprint density at radius 2 is 2.26 bits per heavy atom. The smallest absolute Gasteiger partial charge is 0.253 e. The number of hydrogen-bond donors (Lipinski definition) is 2. The van der Waals surface area contributed by atoms with Crippen LogP contribution in [0.5, 0.6) is 0 Å². The van der Waals surface area contributed by atoms with Crippen molar-refractivity contribution in [1.82, 2.24) is 4.90 Å². The fourth-order valence-corrected chi connectivity index (χ4v) is 2.03. The topological polar surface area (TPSA) is 78.9 Å². The molecular weight excluding hydrogens is 334 g/mol. The predicted octanol–water partition coefficient (Wildman–Crippen LogP) is 2.56. The van der Waals surface area contributed by atoms with Gasteiger partial charge in [-0.05, 0) is 34.1 Å². The lowest BCUT2D eigenvalue weighted by Gasteiger charge is -2.21. The quantitative estimate of drug-likeness (QED) is 0.380. The van der Waals surface area contributed by atoms with E-state index in [2.05, 4.69) is 21.1 Å². The highest BCUT2D eigenvalue weighted by molar-refractivity contribution is 9.10. The second kappa shape index (κ2) is 6.77. The van der Waals surface area contributed by atoms with Gasteiger partial charge >= 0.3 is 0 Å². The van der Waals surface area contributed by atoms with Gasteiger partial charge in [0.2, 0.25) is 0 Å². The van der Waals surface area contributed by atoms with Gasteiger partial charge in [0.05, 0.1) is 5.02 Å². The molecule has 0 heterocycles. The van der Waals surface area contributed by atoms with Gasteiger partial charge in [-0.2, -0.15) is 0 Å². The first-order valence-electron chi connectivity index (χ1n) is 5.54. The van der Waals surface area contributed by atoms with Gasteiger partial charge in [0.25, 0.3) is 5.91 Å². The molecule has 0 fully saturated rings. The van der Waals surface area contributed by atoms with Gasteiger partial charge in [0, 0.05) is 29.5 Å². The second-order valence-corrected chi connectivity index (χ2v) is 5.50. The second-order valence-electron chi connectivity index (χ2n) is 4.24.